The lowest BCUT2D eigenvalue weighted by atomic mass is 10.0. The van der Waals surface area contributed by atoms with Crippen molar-refractivity contribution < 1.29 is 14.3 Å². The van der Waals surface area contributed by atoms with Crippen molar-refractivity contribution in [3.8, 4) is 0 Å². The van der Waals surface area contributed by atoms with E-state index in [1.807, 2.05) is 5.43 Å². The Labute approximate surface area is 106 Å². The zero-order valence-corrected chi connectivity index (χ0v) is 10.4. The number of carbonyl (C=O) groups is 1. The first-order valence-electron chi connectivity index (χ1n) is 6.10. The Balaban J connectivity index is 2.01. The normalized spacial score (nSPS) is 24.4. The number of nitrogen functional groups attached to an aromatic ring is 1. The van der Waals surface area contributed by atoms with Crippen LogP contribution in [0.3, 0.4) is 0 Å². The quantitative estimate of drug-likeness (QED) is 0.402. The highest BCUT2D eigenvalue weighted by atomic mass is 16.4. The molecule has 100 valence electrons. The van der Waals surface area contributed by atoms with Gasteiger partial charge in [-0.25, -0.2) is 5.84 Å². The van der Waals surface area contributed by atoms with Crippen LogP contribution in [0.5, 0.6) is 0 Å². The fourth-order valence-corrected chi connectivity index (χ4v) is 2.44. The van der Waals surface area contributed by atoms with Gasteiger partial charge in [0, 0.05) is 6.04 Å². The van der Waals surface area contributed by atoms with Gasteiger partial charge >= 0.3 is 5.91 Å². The third-order valence-corrected chi connectivity index (χ3v) is 3.56. The van der Waals surface area contributed by atoms with Gasteiger partial charge in [0.15, 0.2) is 5.76 Å². The van der Waals surface area contributed by atoms with Gasteiger partial charge in [0.2, 0.25) is 0 Å². The molecule has 0 spiro atoms. The number of furan rings is 1. The highest BCUT2D eigenvalue weighted by Crippen LogP contribution is 2.25. The van der Waals surface area contributed by atoms with Crippen molar-refractivity contribution in [1.29, 1.82) is 0 Å². The summed E-state index contributed by atoms with van der Waals surface area (Å²) < 4.78 is 5.41. The molecule has 1 saturated heterocycles. The smallest absolute Gasteiger partial charge is 0.300 e. The maximum Gasteiger partial charge on any atom is 0.300 e. The molecule has 4 N–H and O–H groups in total. The van der Waals surface area contributed by atoms with Crippen molar-refractivity contribution in [3.63, 3.8) is 0 Å². The molecule has 2 atom stereocenters. The molecule has 0 radical (unpaired) electrons. The van der Waals surface area contributed by atoms with Crippen LogP contribution in [0.1, 0.15) is 29.7 Å². The predicted molar refractivity (Wildman–Crippen MR) is 65.4 cm³/mol. The van der Waals surface area contributed by atoms with Crippen molar-refractivity contribution in [1.82, 2.24) is 10.3 Å². The molecular weight excluding hydrogens is 234 g/mol. The van der Waals surface area contributed by atoms with E-state index in [9.17, 15) is 9.90 Å². The molecule has 0 bridgehead atoms. The van der Waals surface area contributed by atoms with Crippen molar-refractivity contribution in [3.05, 3.63) is 23.7 Å². The molecule has 1 amide bonds. The minimum Gasteiger partial charge on any atom is -0.455 e. The van der Waals surface area contributed by atoms with Crippen LogP contribution >= 0.6 is 0 Å². The van der Waals surface area contributed by atoms with Crippen LogP contribution in [0, 0.1) is 5.92 Å². The van der Waals surface area contributed by atoms with Crippen molar-refractivity contribution in [2.75, 3.05) is 13.2 Å². The lowest BCUT2D eigenvalue weighted by Crippen LogP contribution is -2.34. The number of likely N-dealkylation sites (tertiary alicyclic amines) is 1. The van der Waals surface area contributed by atoms with E-state index >= 15 is 0 Å². The fourth-order valence-electron chi connectivity index (χ4n) is 2.44. The molecule has 18 heavy (non-hydrogen) atoms. The minimum atomic E-state index is -0.435. The fraction of sp³-hybridized carbons (Fsp3) is 0.583. The van der Waals surface area contributed by atoms with Gasteiger partial charge in [-0.3, -0.25) is 15.1 Å². The average Bonchev–Trinajstić information content (AvgIpc) is 2.96. The van der Waals surface area contributed by atoms with Crippen molar-refractivity contribution in [2.45, 2.75) is 25.9 Å². The number of hydrogen-bond donors (Lipinski definition) is 3. The lowest BCUT2D eigenvalue weighted by molar-refractivity contribution is 0.0917. The number of rotatable bonds is 4. The standard InChI is InChI=1S/C12H19N3O3/c1-8-4-5-15(10(8)7-16)6-9-2-3-11(18-9)12(17)14-13/h2-3,8,10,16H,4-7,13H2,1H3,(H,14,17). The van der Waals surface area contributed by atoms with Crippen LogP contribution in [-0.2, 0) is 6.54 Å². The first-order valence-corrected chi connectivity index (χ1v) is 6.10. The number of nitrogens with one attached hydrogen (secondary N) is 1. The predicted octanol–water partition coefficient (Wildman–Crippen LogP) is 0.0858. The number of amides is 1. The molecule has 1 aromatic rings. The van der Waals surface area contributed by atoms with Gasteiger partial charge < -0.3 is 9.52 Å². The molecule has 1 aliphatic rings. The van der Waals surface area contributed by atoms with Gasteiger partial charge in [-0.15, -0.1) is 0 Å². The zero-order valence-electron chi connectivity index (χ0n) is 10.4. The van der Waals surface area contributed by atoms with E-state index in [1.54, 1.807) is 12.1 Å². The number of aliphatic hydroxyl groups is 1. The van der Waals surface area contributed by atoms with Crippen LogP contribution in [-0.4, -0.2) is 35.1 Å². The molecule has 6 nitrogen and oxygen atoms in total. The summed E-state index contributed by atoms with van der Waals surface area (Å²) in [7, 11) is 0. The van der Waals surface area contributed by atoms with Gasteiger partial charge in [-0.2, -0.15) is 0 Å². The van der Waals surface area contributed by atoms with Gasteiger partial charge in [0.05, 0.1) is 13.2 Å². The third kappa shape index (κ3) is 2.55. The molecule has 6 heteroatoms. The summed E-state index contributed by atoms with van der Waals surface area (Å²) in [6.07, 6.45) is 1.07. The first kappa shape index (κ1) is 13.1. The first-order chi connectivity index (χ1) is 8.65. The monoisotopic (exact) mass is 253 g/mol. The largest absolute Gasteiger partial charge is 0.455 e. The summed E-state index contributed by atoms with van der Waals surface area (Å²) in [6, 6.07) is 3.54. The van der Waals surface area contributed by atoms with Crippen LogP contribution in [0.4, 0.5) is 0 Å². The second kappa shape index (κ2) is 5.51. The number of aliphatic hydroxyl groups excluding tert-OH is 1. The number of carbonyl (C=O) groups excluding carboxylic acids is 1. The van der Waals surface area contributed by atoms with E-state index in [0.29, 0.717) is 18.2 Å². The van der Waals surface area contributed by atoms with Crippen LogP contribution in [0.2, 0.25) is 0 Å². The van der Waals surface area contributed by atoms with Gasteiger partial charge in [0.25, 0.3) is 0 Å². The molecule has 2 unspecified atom stereocenters. The second-order valence-corrected chi connectivity index (χ2v) is 4.73. The van der Waals surface area contributed by atoms with E-state index in [4.69, 9.17) is 10.3 Å². The maximum absolute atomic E-state index is 11.3. The van der Waals surface area contributed by atoms with Crippen LogP contribution in [0.15, 0.2) is 16.5 Å². The lowest BCUT2D eigenvalue weighted by Gasteiger charge is -2.23. The van der Waals surface area contributed by atoms with Gasteiger partial charge in [-0.05, 0) is 31.0 Å². The molecular formula is C12H19N3O3. The Morgan fingerprint density at radius 1 is 1.67 bits per heavy atom. The van der Waals surface area contributed by atoms with Gasteiger partial charge in [-0.1, -0.05) is 6.92 Å². The molecule has 0 saturated carbocycles. The van der Waals surface area contributed by atoms with E-state index in [2.05, 4.69) is 11.8 Å². The van der Waals surface area contributed by atoms with Crippen LogP contribution in [0.25, 0.3) is 0 Å². The molecule has 2 rings (SSSR count). The number of nitrogens with two attached hydrogens (primary N) is 1. The summed E-state index contributed by atoms with van der Waals surface area (Å²) in [4.78, 5) is 13.4. The molecule has 0 aliphatic carbocycles. The number of nitrogens with zero attached hydrogens (tertiary/aromatic N) is 1. The Kier molecular flexibility index (Phi) is 4.00. The van der Waals surface area contributed by atoms with Crippen molar-refractivity contribution in [2.24, 2.45) is 11.8 Å². The molecule has 2 heterocycles. The maximum atomic E-state index is 11.3. The zero-order chi connectivity index (χ0) is 13.1. The van der Waals surface area contributed by atoms with E-state index < -0.39 is 5.91 Å². The van der Waals surface area contributed by atoms with Crippen LogP contribution < -0.4 is 11.3 Å². The van der Waals surface area contributed by atoms with Gasteiger partial charge in [0.1, 0.15) is 5.76 Å². The van der Waals surface area contributed by atoms with E-state index in [0.717, 1.165) is 13.0 Å². The van der Waals surface area contributed by atoms with E-state index in [1.165, 1.54) is 0 Å². The second-order valence-electron chi connectivity index (χ2n) is 4.73. The molecule has 0 aromatic carbocycles. The highest BCUT2D eigenvalue weighted by Gasteiger charge is 2.30. The summed E-state index contributed by atoms with van der Waals surface area (Å²) in [5.74, 6) is 6.00. The van der Waals surface area contributed by atoms with E-state index in [-0.39, 0.29) is 18.4 Å². The summed E-state index contributed by atoms with van der Waals surface area (Å²) >= 11 is 0. The summed E-state index contributed by atoms with van der Waals surface area (Å²) in [5, 5.41) is 9.36. The third-order valence-electron chi connectivity index (χ3n) is 3.56. The molecule has 1 fully saturated rings. The Morgan fingerprint density at radius 2 is 2.44 bits per heavy atom. The molecule has 1 aromatic heterocycles. The number of hydrazine groups is 1. The Hall–Kier alpha value is -1.37. The minimum absolute atomic E-state index is 0.151. The average molecular weight is 253 g/mol. The summed E-state index contributed by atoms with van der Waals surface area (Å²) in [5.41, 5.74) is 2.03. The molecule has 1 aliphatic heterocycles. The number of hydrogen-bond acceptors (Lipinski definition) is 5. The Morgan fingerprint density at radius 3 is 3.11 bits per heavy atom. The SMILES string of the molecule is CC1CCN(Cc2ccc(C(=O)NN)o2)C1CO. The van der Waals surface area contributed by atoms with Crippen molar-refractivity contribution >= 4 is 5.91 Å². The topological polar surface area (TPSA) is 91.7 Å². The Bertz CT molecular complexity index is 418. The summed E-state index contributed by atoms with van der Waals surface area (Å²) in [6.45, 7) is 3.83. The highest BCUT2D eigenvalue weighted by molar-refractivity contribution is 5.90.